The summed E-state index contributed by atoms with van der Waals surface area (Å²) in [6.45, 7) is 6.33. The molecule has 1 aliphatic rings. The first-order valence-electron chi connectivity index (χ1n) is 7.09. The van der Waals surface area contributed by atoms with Crippen molar-refractivity contribution in [3.8, 4) is 0 Å². The smallest absolute Gasteiger partial charge is 0.0963 e. The zero-order valence-corrected chi connectivity index (χ0v) is 12.8. The molecule has 1 aliphatic carbocycles. The molecule has 4 heteroatoms. The fourth-order valence-corrected chi connectivity index (χ4v) is 2.97. The molecule has 0 bridgehead atoms. The van der Waals surface area contributed by atoms with Crippen LogP contribution < -0.4 is 5.73 Å². The van der Waals surface area contributed by atoms with Crippen molar-refractivity contribution in [3.63, 3.8) is 0 Å². The fourth-order valence-electron chi connectivity index (χ4n) is 2.31. The van der Waals surface area contributed by atoms with Crippen LogP contribution in [0.3, 0.4) is 0 Å². The molecule has 0 amide bonds. The second kappa shape index (κ2) is 6.06. The summed E-state index contributed by atoms with van der Waals surface area (Å²) in [5.41, 5.74) is 6.92. The minimum Gasteiger partial charge on any atom is -0.387 e. The van der Waals surface area contributed by atoms with Crippen molar-refractivity contribution >= 4 is 17.2 Å². The lowest BCUT2D eigenvalue weighted by Gasteiger charge is -2.26. The monoisotopic (exact) mass is 279 g/mol. The highest BCUT2D eigenvalue weighted by Crippen LogP contribution is 2.30. The summed E-state index contributed by atoms with van der Waals surface area (Å²) in [6, 6.07) is 3.01. The second-order valence-electron chi connectivity index (χ2n) is 6.23. The van der Waals surface area contributed by atoms with Gasteiger partial charge in [-0.3, -0.25) is 10.3 Å². The molecule has 1 heterocycles. The van der Waals surface area contributed by atoms with Crippen LogP contribution >= 0.6 is 11.3 Å². The van der Waals surface area contributed by atoms with Crippen molar-refractivity contribution in [1.29, 1.82) is 5.41 Å². The molecule has 0 atom stereocenters. The van der Waals surface area contributed by atoms with Gasteiger partial charge in [0.25, 0.3) is 0 Å². The molecule has 0 radical (unpaired) electrons. The van der Waals surface area contributed by atoms with Gasteiger partial charge in [-0.15, -0.1) is 0 Å². The van der Waals surface area contributed by atoms with Gasteiger partial charge in [-0.25, -0.2) is 0 Å². The van der Waals surface area contributed by atoms with E-state index < -0.39 is 0 Å². The highest BCUT2D eigenvalue weighted by Gasteiger charge is 2.29. The Kier molecular flexibility index (Phi) is 4.63. The van der Waals surface area contributed by atoms with Crippen LogP contribution in [0.2, 0.25) is 0 Å². The van der Waals surface area contributed by atoms with E-state index in [0.717, 1.165) is 32.0 Å². The van der Waals surface area contributed by atoms with Crippen LogP contribution in [0.1, 0.15) is 45.1 Å². The zero-order chi connectivity index (χ0) is 13.9. The maximum absolute atomic E-state index is 7.60. The van der Waals surface area contributed by atoms with E-state index in [0.29, 0.717) is 5.84 Å². The van der Waals surface area contributed by atoms with Crippen LogP contribution in [0.4, 0.5) is 0 Å². The third-order valence-electron chi connectivity index (χ3n) is 4.01. The van der Waals surface area contributed by atoms with E-state index in [9.17, 15) is 0 Å². The summed E-state index contributed by atoms with van der Waals surface area (Å²) in [6.07, 6.45) is 4.81. The summed E-state index contributed by atoms with van der Waals surface area (Å²) in [7, 11) is 0. The molecule has 0 aliphatic heterocycles. The van der Waals surface area contributed by atoms with Crippen LogP contribution in [0.15, 0.2) is 16.8 Å². The van der Waals surface area contributed by atoms with Gasteiger partial charge in [-0.05, 0) is 54.6 Å². The molecular formula is C15H25N3S. The van der Waals surface area contributed by atoms with Crippen LogP contribution in [-0.4, -0.2) is 23.3 Å². The average molecular weight is 279 g/mol. The van der Waals surface area contributed by atoms with E-state index in [1.54, 1.807) is 11.3 Å². The lowest BCUT2D eigenvalue weighted by Crippen LogP contribution is -2.33. The van der Waals surface area contributed by atoms with Crippen molar-refractivity contribution in [1.82, 2.24) is 4.90 Å². The molecule has 3 N–H and O–H groups in total. The molecule has 0 spiro atoms. The number of thiophene rings is 1. The van der Waals surface area contributed by atoms with E-state index in [2.05, 4.69) is 35.6 Å². The number of hydrogen-bond acceptors (Lipinski definition) is 3. The minimum atomic E-state index is -0.155. The van der Waals surface area contributed by atoms with Gasteiger partial charge >= 0.3 is 0 Å². The van der Waals surface area contributed by atoms with E-state index in [1.807, 2.05) is 0 Å². The van der Waals surface area contributed by atoms with E-state index in [4.69, 9.17) is 11.1 Å². The Morgan fingerprint density at radius 2 is 2.26 bits per heavy atom. The average Bonchev–Trinajstić information content (AvgIpc) is 3.06. The summed E-state index contributed by atoms with van der Waals surface area (Å²) < 4.78 is 0. The molecule has 0 aromatic carbocycles. The van der Waals surface area contributed by atoms with E-state index in [1.165, 1.54) is 18.4 Å². The second-order valence-corrected chi connectivity index (χ2v) is 7.01. The first kappa shape index (κ1) is 14.5. The Balaban J connectivity index is 1.80. The number of amidine groups is 1. The Morgan fingerprint density at radius 3 is 2.79 bits per heavy atom. The zero-order valence-electron chi connectivity index (χ0n) is 12.0. The first-order valence-corrected chi connectivity index (χ1v) is 8.03. The normalized spacial score (nSPS) is 15.9. The fraction of sp³-hybridized carbons (Fsp3) is 0.667. The van der Waals surface area contributed by atoms with Crippen LogP contribution in [0.5, 0.6) is 0 Å². The molecule has 0 unspecified atom stereocenters. The van der Waals surface area contributed by atoms with E-state index >= 15 is 0 Å². The molecule has 1 aromatic heterocycles. The van der Waals surface area contributed by atoms with Gasteiger partial charge in [0.2, 0.25) is 0 Å². The predicted molar refractivity (Wildman–Crippen MR) is 82.7 cm³/mol. The Labute approximate surface area is 120 Å². The first-order chi connectivity index (χ1) is 8.99. The quantitative estimate of drug-likeness (QED) is 0.565. The lowest BCUT2D eigenvalue weighted by molar-refractivity contribution is 0.240. The van der Waals surface area contributed by atoms with Crippen LogP contribution in [0, 0.1) is 10.8 Å². The summed E-state index contributed by atoms with van der Waals surface area (Å²) >= 11 is 1.77. The largest absolute Gasteiger partial charge is 0.387 e. The van der Waals surface area contributed by atoms with Crippen LogP contribution in [-0.2, 0) is 6.54 Å². The minimum absolute atomic E-state index is 0.155. The Hall–Kier alpha value is -0.870. The van der Waals surface area contributed by atoms with Gasteiger partial charge in [-0.1, -0.05) is 13.8 Å². The summed E-state index contributed by atoms with van der Waals surface area (Å²) in [4.78, 5) is 2.60. The lowest BCUT2D eigenvalue weighted by atomic mass is 9.86. The van der Waals surface area contributed by atoms with Gasteiger partial charge in [-0.2, -0.15) is 11.3 Å². The number of hydrogen-bond donors (Lipinski definition) is 2. The Morgan fingerprint density at radius 1 is 1.53 bits per heavy atom. The van der Waals surface area contributed by atoms with Crippen molar-refractivity contribution in [3.05, 3.63) is 22.4 Å². The molecule has 106 valence electrons. The molecule has 3 nitrogen and oxygen atoms in total. The van der Waals surface area contributed by atoms with Crippen molar-refractivity contribution in [2.75, 3.05) is 6.54 Å². The van der Waals surface area contributed by atoms with Crippen molar-refractivity contribution in [2.45, 2.75) is 52.1 Å². The molecule has 19 heavy (non-hydrogen) atoms. The third-order valence-corrected chi connectivity index (χ3v) is 4.74. The standard InChI is InChI=1S/C15H25N3S/c1-15(2,14(16)17)7-3-8-18(13-4-5-13)10-12-6-9-19-11-12/h6,9,11,13H,3-5,7-8,10H2,1-2H3,(H3,16,17). The molecular weight excluding hydrogens is 254 g/mol. The van der Waals surface area contributed by atoms with Gasteiger partial charge in [0, 0.05) is 18.0 Å². The van der Waals surface area contributed by atoms with Gasteiger partial charge in [0.15, 0.2) is 0 Å². The molecule has 1 saturated carbocycles. The van der Waals surface area contributed by atoms with Gasteiger partial charge in [0.05, 0.1) is 5.84 Å². The van der Waals surface area contributed by atoms with Crippen molar-refractivity contribution in [2.24, 2.45) is 11.1 Å². The number of nitrogens with two attached hydrogens (primary N) is 1. The maximum atomic E-state index is 7.60. The van der Waals surface area contributed by atoms with E-state index in [-0.39, 0.29) is 5.41 Å². The SMILES string of the molecule is CC(C)(CCCN(Cc1ccsc1)C1CC1)C(=N)N. The molecule has 2 rings (SSSR count). The van der Waals surface area contributed by atoms with Gasteiger partial charge in [0.1, 0.15) is 0 Å². The third kappa shape index (κ3) is 4.32. The Bertz CT molecular complexity index is 407. The number of nitrogens with one attached hydrogen (secondary N) is 1. The molecule has 1 aromatic rings. The predicted octanol–water partition coefficient (Wildman–Crippen LogP) is 3.45. The molecule has 1 fully saturated rings. The maximum Gasteiger partial charge on any atom is 0.0963 e. The number of rotatable bonds is 8. The highest BCUT2D eigenvalue weighted by atomic mass is 32.1. The van der Waals surface area contributed by atoms with Gasteiger partial charge < -0.3 is 5.73 Å². The van der Waals surface area contributed by atoms with Crippen LogP contribution in [0.25, 0.3) is 0 Å². The highest BCUT2D eigenvalue weighted by molar-refractivity contribution is 7.07. The van der Waals surface area contributed by atoms with Crippen molar-refractivity contribution < 1.29 is 0 Å². The number of nitrogens with zero attached hydrogens (tertiary/aromatic N) is 1. The molecule has 0 saturated heterocycles. The summed E-state index contributed by atoms with van der Waals surface area (Å²) in [5, 5.41) is 12.0. The topological polar surface area (TPSA) is 53.1 Å². The summed E-state index contributed by atoms with van der Waals surface area (Å²) in [5.74, 6) is 0.309.